The zero-order valence-electron chi connectivity index (χ0n) is 9.74. The van der Waals surface area contributed by atoms with E-state index in [9.17, 15) is 0 Å². The fourth-order valence-corrected chi connectivity index (χ4v) is 2.78. The van der Waals surface area contributed by atoms with Crippen LogP contribution < -0.4 is 0 Å². The lowest BCUT2D eigenvalue weighted by Crippen LogP contribution is -1.79. The van der Waals surface area contributed by atoms with Crippen LogP contribution in [-0.2, 0) is 0 Å². The average molecular weight is 252 g/mol. The molecule has 3 rings (SSSR count). The summed E-state index contributed by atoms with van der Waals surface area (Å²) in [5.74, 6) is 0.911. The highest BCUT2D eigenvalue weighted by Gasteiger charge is 2.07. The van der Waals surface area contributed by atoms with Gasteiger partial charge in [0.2, 0.25) is 0 Å². The van der Waals surface area contributed by atoms with Crippen molar-refractivity contribution in [1.29, 1.82) is 0 Å². The molecular weight excluding hydrogens is 240 g/mol. The lowest BCUT2D eigenvalue weighted by molar-refractivity contribution is 0.581. The molecule has 18 heavy (non-hydrogen) atoms. The SMILES string of the molecule is c1ccc(Sc2ccccc2-c2ccco2)cc1. The van der Waals surface area contributed by atoms with E-state index in [1.807, 2.05) is 24.3 Å². The molecule has 0 aliphatic rings. The topological polar surface area (TPSA) is 13.1 Å². The van der Waals surface area contributed by atoms with Gasteiger partial charge in [-0.2, -0.15) is 0 Å². The van der Waals surface area contributed by atoms with Gasteiger partial charge in [0.1, 0.15) is 5.76 Å². The van der Waals surface area contributed by atoms with Crippen LogP contribution in [0, 0.1) is 0 Å². The molecule has 2 heteroatoms. The Morgan fingerprint density at radius 2 is 1.50 bits per heavy atom. The summed E-state index contributed by atoms with van der Waals surface area (Å²) in [6.07, 6.45) is 1.71. The monoisotopic (exact) mass is 252 g/mol. The van der Waals surface area contributed by atoms with Crippen LogP contribution in [0.3, 0.4) is 0 Å². The van der Waals surface area contributed by atoms with Crippen LogP contribution in [0.15, 0.2) is 87.2 Å². The summed E-state index contributed by atoms with van der Waals surface area (Å²) in [4.78, 5) is 2.44. The second-order valence-electron chi connectivity index (χ2n) is 3.89. The summed E-state index contributed by atoms with van der Waals surface area (Å²) >= 11 is 1.75. The molecule has 0 aliphatic carbocycles. The molecule has 2 aromatic carbocycles. The largest absolute Gasteiger partial charge is 0.464 e. The minimum absolute atomic E-state index is 0.911. The highest BCUT2D eigenvalue weighted by atomic mass is 32.2. The van der Waals surface area contributed by atoms with Gasteiger partial charge in [0.25, 0.3) is 0 Å². The van der Waals surface area contributed by atoms with Gasteiger partial charge in [0.15, 0.2) is 0 Å². The van der Waals surface area contributed by atoms with Crippen LogP contribution in [0.4, 0.5) is 0 Å². The summed E-state index contributed by atoms with van der Waals surface area (Å²) in [5.41, 5.74) is 1.14. The van der Waals surface area contributed by atoms with E-state index in [0.717, 1.165) is 11.3 Å². The third-order valence-electron chi connectivity index (χ3n) is 2.64. The molecule has 0 unspecified atom stereocenters. The van der Waals surface area contributed by atoms with Crippen molar-refractivity contribution in [2.24, 2.45) is 0 Å². The van der Waals surface area contributed by atoms with E-state index < -0.39 is 0 Å². The summed E-state index contributed by atoms with van der Waals surface area (Å²) < 4.78 is 5.48. The van der Waals surface area contributed by atoms with Gasteiger partial charge in [0.05, 0.1) is 6.26 Å². The Hall–Kier alpha value is -1.93. The van der Waals surface area contributed by atoms with Crippen LogP contribution in [-0.4, -0.2) is 0 Å². The van der Waals surface area contributed by atoms with Gasteiger partial charge in [-0.05, 0) is 30.3 Å². The molecule has 0 N–H and O–H groups in total. The highest BCUT2D eigenvalue weighted by molar-refractivity contribution is 7.99. The zero-order valence-corrected chi connectivity index (χ0v) is 10.6. The van der Waals surface area contributed by atoms with E-state index in [2.05, 4.69) is 42.5 Å². The summed E-state index contributed by atoms with van der Waals surface area (Å²) in [6, 6.07) is 22.6. The van der Waals surface area contributed by atoms with Gasteiger partial charge >= 0.3 is 0 Å². The van der Waals surface area contributed by atoms with Crippen LogP contribution in [0.5, 0.6) is 0 Å². The van der Waals surface area contributed by atoms with Crippen molar-refractivity contribution in [3.8, 4) is 11.3 Å². The van der Waals surface area contributed by atoms with Crippen molar-refractivity contribution < 1.29 is 4.42 Å². The smallest absolute Gasteiger partial charge is 0.134 e. The maximum atomic E-state index is 5.48. The number of hydrogen-bond donors (Lipinski definition) is 0. The van der Waals surface area contributed by atoms with Crippen molar-refractivity contribution in [3.63, 3.8) is 0 Å². The lowest BCUT2D eigenvalue weighted by atomic mass is 10.2. The van der Waals surface area contributed by atoms with Crippen molar-refractivity contribution in [3.05, 3.63) is 73.0 Å². The molecule has 0 amide bonds. The highest BCUT2D eigenvalue weighted by Crippen LogP contribution is 2.35. The van der Waals surface area contributed by atoms with Crippen LogP contribution in [0.25, 0.3) is 11.3 Å². The zero-order chi connectivity index (χ0) is 12.2. The first kappa shape index (κ1) is 11.2. The maximum Gasteiger partial charge on any atom is 0.134 e. The van der Waals surface area contributed by atoms with Crippen molar-refractivity contribution in [2.45, 2.75) is 9.79 Å². The van der Waals surface area contributed by atoms with Gasteiger partial charge < -0.3 is 4.42 Å². The number of hydrogen-bond acceptors (Lipinski definition) is 2. The first-order valence-electron chi connectivity index (χ1n) is 5.79. The second-order valence-corrected chi connectivity index (χ2v) is 5.00. The van der Waals surface area contributed by atoms with E-state index in [0.29, 0.717) is 0 Å². The Bertz CT molecular complexity index is 615. The quantitative estimate of drug-likeness (QED) is 0.643. The molecule has 0 bridgehead atoms. The van der Waals surface area contributed by atoms with Gasteiger partial charge in [-0.3, -0.25) is 0 Å². The summed E-state index contributed by atoms with van der Waals surface area (Å²) in [5, 5.41) is 0. The fraction of sp³-hybridized carbons (Fsp3) is 0. The Labute approximate surface area is 110 Å². The number of rotatable bonds is 3. The first-order valence-corrected chi connectivity index (χ1v) is 6.61. The molecule has 0 aliphatic heterocycles. The van der Waals surface area contributed by atoms with Gasteiger partial charge in [-0.1, -0.05) is 48.2 Å². The molecule has 1 heterocycles. The Balaban J connectivity index is 1.98. The maximum absolute atomic E-state index is 5.48. The molecule has 0 saturated heterocycles. The van der Waals surface area contributed by atoms with E-state index in [1.165, 1.54) is 9.79 Å². The molecule has 3 aromatic rings. The lowest BCUT2D eigenvalue weighted by Gasteiger charge is -2.06. The fourth-order valence-electron chi connectivity index (χ4n) is 1.81. The summed E-state index contributed by atoms with van der Waals surface area (Å²) in [6.45, 7) is 0. The molecule has 0 saturated carbocycles. The van der Waals surface area contributed by atoms with Crippen LogP contribution in [0.1, 0.15) is 0 Å². The van der Waals surface area contributed by atoms with Crippen molar-refractivity contribution >= 4 is 11.8 Å². The normalized spacial score (nSPS) is 10.4. The summed E-state index contributed by atoms with van der Waals surface area (Å²) in [7, 11) is 0. The average Bonchev–Trinajstić information content (AvgIpc) is 2.94. The Morgan fingerprint density at radius 3 is 2.28 bits per heavy atom. The van der Waals surface area contributed by atoms with E-state index in [1.54, 1.807) is 18.0 Å². The molecule has 0 atom stereocenters. The van der Waals surface area contributed by atoms with Crippen molar-refractivity contribution in [1.82, 2.24) is 0 Å². The molecule has 88 valence electrons. The molecule has 0 radical (unpaired) electrons. The minimum atomic E-state index is 0.911. The van der Waals surface area contributed by atoms with Crippen molar-refractivity contribution in [2.75, 3.05) is 0 Å². The molecule has 1 aromatic heterocycles. The van der Waals surface area contributed by atoms with Crippen LogP contribution in [0.2, 0.25) is 0 Å². The minimum Gasteiger partial charge on any atom is -0.464 e. The predicted octanol–water partition coefficient (Wildman–Crippen LogP) is 5.10. The first-order chi connectivity index (χ1) is 8.93. The number of benzene rings is 2. The second kappa shape index (κ2) is 5.15. The molecule has 0 spiro atoms. The molecule has 1 nitrogen and oxygen atoms in total. The van der Waals surface area contributed by atoms with Gasteiger partial charge in [-0.15, -0.1) is 0 Å². The van der Waals surface area contributed by atoms with E-state index >= 15 is 0 Å². The van der Waals surface area contributed by atoms with E-state index in [-0.39, 0.29) is 0 Å². The Morgan fingerprint density at radius 1 is 0.722 bits per heavy atom. The third-order valence-corrected chi connectivity index (χ3v) is 3.73. The van der Waals surface area contributed by atoms with Crippen LogP contribution >= 0.6 is 11.8 Å². The third kappa shape index (κ3) is 2.34. The molecule has 0 fully saturated rings. The molecular formula is C16H12OS. The van der Waals surface area contributed by atoms with E-state index in [4.69, 9.17) is 4.42 Å². The standard InChI is InChI=1S/C16H12OS/c1-2-7-13(8-3-1)18-16-11-5-4-9-14(16)15-10-6-12-17-15/h1-12H. The Kier molecular flexibility index (Phi) is 3.20. The van der Waals surface area contributed by atoms with Gasteiger partial charge in [0, 0.05) is 15.4 Å². The predicted molar refractivity (Wildman–Crippen MR) is 74.7 cm³/mol. The van der Waals surface area contributed by atoms with Gasteiger partial charge in [-0.25, -0.2) is 0 Å². The number of furan rings is 1.